The quantitative estimate of drug-likeness (QED) is 0.936. The molecule has 0 unspecified atom stereocenters. The van der Waals surface area contributed by atoms with E-state index in [1.165, 1.54) is 0 Å². The number of aromatic nitrogens is 2. The average molecular weight is 281 g/mol. The first-order chi connectivity index (χ1) is 8.99. The van der Waals surface area contributed by atoms with Crippen molar-refractivity contribution < 1.29 is 9.84 Å². The zero-order valence-electron chi connectivity index (χ0n) is 11.2. The predicted molar refractivity (Wildman–Crippen MR) is 74.4 cm³/mol. The van der Waals surface area contributed by atoms with Gasteiger partial charge in [0.1, 0.15) is 23.3 Å². The van der Waals surface area contributed by atoms with Crippen molar-refractivity contribution in [1.29, 1.82) is 0 Å². The van der Waals surface area contributed by atoms with E-state index in [9.17, 15) is 5.11 Å². The lowest BCUT2D eigenvalue weighted by molar-refractivity contribution is 0.189. The second kappa shape index (κ2) is 5.63. The molecule has 1 aromatic heterocycles. The van der Waals surface area contributed by atoms with Crippen molar-refractivity contribution in [3.8, 4) is 5.75 Å². The molecule has 102 valence electrons. The number of hydrogen-bond donors (Lipinski definition) is 1. The fourth-order valence-electron chi connectivity index (χ4n) is 1.81. The maximum atomic E-state index is 9.73. The number of benzene rings is 1. The first kappa shape index (κ1) is 13.9. The van der Waals surface area contributed by atoms with E-state index in [1.807, 2.05) is 32.2 Å². The van der Waals surface area contributed by atoms with Crippen LogP contribution in [-0.4, -0.2) is 14.7 Å². The summed E-state index contributed by atoms with van der Waals surface area (Å²) in [5.74, 6) is 1.41. The maximum absolute atomic E-state index is 9.73. The van der Waals surface area contributed by atoms with E-state index in [1.54, 1.807) is 17.7 Å². The number of aliphatic hydroxyl groups is 1. The average Bonchev–Trinajstić information content (AvgIpc) is 2.67. The Morgan fingerprint density at radius 2 is 2.21 bits per heavy atom. The van der Waals surface area contributed by atoms with Crippen LogP contribution in [0.3, 0.4) is 0 Å². The number of rotatable bonds is 4. The molecule has 1 aromatic carbocycles. The molecular weight excluding hydrogens is 264 g/mol. The Kier molecular flexibility index (Phi) is 4.12. The van der Waals surface area contributed by atoms with Gasteiger partial charge in [-0.05, 0) is 25.5 Å². The number of nitrogens with zero attached hydrogens (tertiary/aromatic N) is 2. The molecule has 0 saturated heterocycles. The Balaban J connectivity index is 2.19. The van der Waals surface area contributed by atoms with Gasteiger partial charge in [0.2, 0.25) is 0 Å². The molecule has 19 heavy (non-hydrogen) atoms. The molecule has 0 bridgehead atoms. The van der Waals surface area contributed by atoms with Crippen LogP contribution in [0, 0.1) is 6.92 Å². The van der Waals surface area contributed by atoms with Crippen LogP contribution in [0.15, 0.2) is 24.4 Å². The van der Waals surface area contributed by atoms with Gasteiger partial charge in [0.25, 0.3) is 0 Å². The van der Waals surface area contributed by atoms with E-state index in [-0.39, 0.29) is 0 Å². The van der Waals surface area contributed by atoms with Crippen LogP contribution in [0.25, 0.3) is 0 Å². The van der Waals surface area contributed by atoms with Crippen LogP contribution in [0.4, 0.5) is 0 Å². The maximum Gasteiger partial charge on any atom is 0.147 e. The van der Waals surface area contributed by atoms with Crippen LogP contribution >= 0.6 is 11.6 Å². The highest BCUT2D eigenvalue weighted by Gasteiger charge is 2.11. The molecule has 2 aromatic rings. The third-order valence-electron chi connectivity index (χ3n) is 3.00. The van der Waals surface area contributed by atoms with Gasteiger partial charge < -0.3 is 14.4 Å². The minimum absolute atomic E-state index is 0.312. The second-order valence-electron chi connectivity index (χ2n) is 4.56. The van der Waals surface area contributed by atoms with Gasteiger partial charge in [-0.15, -0.1) is 0 Å². The number of ether oxygens (including phenoxy) is 1. The number of imidazole rings is 1. The zero-order valence-corrected chi connectivity index (χ0v) is 12.0. The van der Waals surface area contributed by atoms with Crippen molar-refractivity contribution in [3.05, 3.63) is 46.5 Å². The first-order valence-corrected chi connectivity index (χ1v) is 6.44. The summed E-state index contributed by atoms with van der Waals surface area (Å²) in [6, 6.07) is 5.74. The molecule has 1 atom stereocenters. The predicted octanol–water partition coefficient (Wildman–Crippen LogP) is 3.01. The van der Waals surface area contributed by atoms with E-state index < -0.39 is 6.10 Å². The van der Waals surface area contributed by atoms with E-state index in [0.717, 1.165) is 17.0 Å². The van der Waals surface area contributed by atoms with Crippen LogP contribution in [0.1, 0.15) is 30.0 Å². The zero-order chi connectivity index (χ0) is 14.0. The normalized spacial score (nSPS) is 12.5. The number of halogens is 1. The molecule has 0 amide bonds. The van der Waals surface area contributed by atoms with Crippen LogP contribution in [0.5, 0.6) is 5.75 Å². The second-order valence-corrected chi connectivity index (χ2v) is 4.95. The summed E-state index contributed by atoms with van der Waals surface area (Å²) >= 11 is 5.92. The van der Waals surface area contributed by atoms with Gasteiger partial charge in [-0.25, -0.2) is 4.98 Å². The summed E-state index contributed by atoms with van der Waals surface area (Å²) in [6.45, 7) is 4.01. The first-order valence-electron chi connectivity index (χ1n) is 6.06. The fraction of sp³-hybridized carbons (Fsp3) is 0.357. The molecule has 1 N–H and O–H groups in total. The van der Waals surface area contributed by atoms with Gasteiger partial charge in [-0.1, -0.05) is 23.7 Å². The molecule has 4 nitrogen and oxygen atoms in total. The summed E-state index contributed by atoms with van der Waals surface area (Å²) in [7, 11) is 1.83. The highest BCUT2D eigenvalue weighted by molar-refractivity contribution is 6.29. The summed E-state index contributed by atoms with van der Waals surface area (Å²) in [5, 5.41) is 10.3. The summed E-state index contributed by atoms with van der Waals surface area (Å²) < 4.78 is 7.52. The van der Waals surface area contributed by atoms with Crippen molar-refractivity contribution in [2.24, 2.45) is 7.05 Å². The molecule has 5 heteroatoms. The highest BCUT2D eigenvalue weighted by atomic mass is 35.5. The van der Waals surface area contributed by atoms with Crippen LogP contribution in [-0.2, 0) is 13.7 Å². The Hall–Kier alpha value is -1.52. The number of aliphatic hydroxyl groups excluding tert-OH is 1. The number of aryl methyl sites for hydroxylation is 1. The van der Waals surface area contributed by atoms with E-state index in [2.05, 4.69) is 4.98 Å². The van der Waals surface area contributed by atoms with Crippen LogP contribution in [0.2, 0.25) is 5.15 Å². The minimum Gasteiger partial charge on any atom is -0.485 e. The van der Waals surface area contributed by atoms with Gasteiger partial charge in [0.05, 0.1) is 12.3 Å². The van der Waals surface area contributed by atoms with Gasteiger partial charge in [-0.3, -0.25) is 0 Å². The smallest absolute Gasteiger partial charge is 0.147 e. The van der Waals surface area contributed by atoms with Crippen molar-refractivity contribution in [3.63, 3.8) is 0 Å². The lowest BCUT2D eigenvalue weighted by Gasteiger charge is -2.14. The largest absolute Gasteiger partial charge is 0.485 e. The third kappa shape index (κ3) is 3.08. The van der Waals surface area contributed by atoms with Crippen molar-refractivity contribution >= 4 is 11.6 Å². The van der Waals surface area contributed by atoms with E-state index in [4.69, 9.17) is 16.3 Å². The van der Waals surface area contributed by atoms with E-state index >= 15 is 0 Å². The molecule has 2 rings (SSSR count). The molecule has 0 radical (unpaired) electrons. The molecule has 0 fully saturated rings. The molecule has 1 heterocycles. The Morgan fingerprint density at radius 1 is 1.47 bits per heavy atom. The van der Waals surface area contributed by atoms with Gasteiger partial charge in [-0.2, -0.15) is 0 Å². The molecule has 0 aliphatic rings. The SMILES string of the molecule is Cc1ccc([C@@H](C)O)c(OCc2ncc(Cl)n2C)c1. The Bertz CT molecular complexity index is 579. The van der Waals surface area contributed by atoms with Crippen molar-refractivity contribution in [1.82, 2.24) is 9.55 Å². The Labute approximate surface area is 117 Å². The van der Waals surface area contributed by atoms with Gasteiger partial charge >= 0.3 is 0 Å². The van der Waals surface area contributed by atoms with Crippen LogP contribution < -0.4 is 4.74 Å². The third-order valence-corrected chi connectivity index (χ3v) is 3.35. The van der Waals surface area contributed by atoms with Gasteiger partial charge in [0, 0.05) is 12.6 Å². The standard InChI is InChI=1S/C14H17ClN2O2/c1-9-4-5-11(10(2)18)12(6-9)19-8-14-16-7-13(15)17(14)3/h4-7,10,18H,8H2,1-3H3/t10-/m1/s1. The molecular formula is C14H17ClN2O2. The highest BCUT2D eigenvalue weighted by Crippen LogP contribution is 2.27. The van der Waals surface area contributed by atoms with E-state index in [0.29, 0.717) is 17.5 Å². The summed E-state index contributed by atoms with van der Waals surface area (Å²) in [5.41, 5.74) is 1.85. The lowest BCUT2D eigenvalue weighted by Crippen LogP contribution is -2.06. The topological polar surface area (TPSA) is 47.3 Å². The monoisotopic (exact) mass is 280 g/mol. The molecule has 0 aliphatic carbocycles. The number of hydrogen-bond acceptors (Lipinski definition) is 3. The lowest BCUT2D eigenvalue weighted by atomic mass is 10.1. The summed E-state index contributed by atoms with van der Waals surface area (Å²) in [6.07, 6.45) is 1.02. The molecule has 0 saturated carbocycles. The Morgan fingerprint density at radius 3 is 2.79 bits per heavy atom. The summed E-state index contributed by atoms with van der Waals surface area (Å²) in [4.78, 5) is 4.17. The van der Waals surface area contributed by atoms with Gasteiger partial charge in [0.15, 0.2) is 0 Å². The minimum atomic E-state index is -0.569. The van der Waals surface area contributed by atoms with Crippen molar-refractivity contribution in [2.45, 2.75) is 26.6 Å². The molecule has 0 aliphatic heterocycles. The fourth-order valence-corrected chi connectivity index (χ4v) is 1.96. The van der Waals surface area contributed by atoms with Crippen molar-refractivity contribution in [2.75, 3.05) is 0 Å². The molecule has 0 spiro atoms.